The maximum Gasteiger partial charge on any atom is 0.415 e. The van der Waals surface area contributed by atoms with Gasteiger partial charge in [-0.15, -0.1) is 0 Å². The lowest BCUT2D eigenvalue weighted by molar-refractivity contribution is -0.131. The topological polar surface area (TPSA) is 81.4 Å². The molecule has 1 fully saturated rings. The van der Waals surface area contributed by atoms with Crippen molar-refractivity contribution < 1.29 is 14.3 Å². The summed E-state index contributed by atoms with van der Waals surface area (Å²) >= 11 is 0. The smallest absolute Gasteiger partial charge is 0.415 e. The van der Waals surface area contributed by atoms with E-state index in [0.29, 0.717) is 18.5 Å². The predicted octanol–water partition coefficient (Wildman–Crippen LogP) is 0.677. The zero-order valence-electron chi connectivity index (χ0n) is 8.45. The van der Waals surface area contributed by atoms with Gasteiger partial charge < -0.3 is 10.5 Å². The van der Waals surface area contributed by atoms with Crippen LogP contribution in [0.1, 0.15) is 17.5 Å². The van der Waals surface area contributed by atoms with Crippen LogP contribution in [0.2, 0.25) is 0 Å². The van der Waals surface area contributed by atoms with Gasteiger partial charge in [0.15, 0.2) is 0 Å². The van der Waals surface area contributed by atoms with Crippen LogP contribution in [-0.2, 0) is 21.6 Å². The highest BCUT2D eigenvalue weighted by Gasteiger charge is 2.53. The van der Waals surface area contributed by atoms with Crippen molar-refractivity contribution in [3.05, 3.63) is 29.3 Å². The predicted molar refractivity (Wildman–Crippen MR) is 55.5 cm³/mol. The molecule has 16 heavy (non-hydrogen) atoms. The second kappa shape index (κ2) is 2.75. The molecule has 1 aliphatic heterocycles. The maximum atomic E-state index is 11.8. The molecular formula is C11H10N2O3. The Morgan fingerprint density at radius 3 is 2.88 bits per heavy atom. The quantitative estimate of drug-likeness (QED) is 0.627. The third-order valence-electron chi connectivity index (χ3n) is 3.16. The minimum atomic E-state index is -1.11. The number of carbonyl (C=O) groups is 2. The van der Waals surface area contributed by atoms with E-state index in [2.05, 4.69) is 5.32 Å². The number of anilines is 1. The molecule has 1 aromatic carbocycles. The highest BCUT2D eigenvalue weighted by atomic mass is 16.6. The van der Waals surface area contributed by atoms with Gasteiger partial charge in [0.05, 0.1) is 0 Å². The number of nitrogens with two attached hydrogens (primary N) is 1. The van der Waals surface area contributed by atoms with Crippen molar-refractivity contribution in [2.45, 2.75) is 18.4 Å². The van der Waals surface area contributed by atoms with Crippen molar-refractivity contribution >= 4 is 17.7 Å². The number of hydrogen-bond donors (Lipinski definition) is 2. The van der Waals surface area contributed by atoms with Crippen molar-refractivity contribution in [3.8, 4) is 0 Å². The van der Waals surface area contributed by atoms with E-state index in [9.17, 15) is 9.59 Å². The maximum absolute atomic E-state index is 11.8. The van der Waals surface area contributed by atoms with Crippen LogP contribution < -0.4 is 11.1 Å². The van der Waals surface area contributed by atoms with Crippen LogP contribution in [0.3, 0.4) is 0 Å². The van der Waals surface area contributed by atoms with Crippen molar-refractivity contribution in [2.24, 2.45) is 0 Å². The zero-order valence-corrected chi connectivity index (χ0v) is 8.45. The number of fused-ring (bicyclic) bond motifs is 2. The lowest BCUT2D eigenvalue weighted by Gasteiger charge is -2.19. The number of rotatable bonds is 0. The molecule has 3 rings (SSSR count). The third-order valence-corrected chi connectivity index (χ3v) is 3.16. The second-order valence-corrected chi connectivity index (χ2v) is 4.09. The number of amides is 2. The molecule has 5 heteroatoms. The van der Waals surface area contributed by atoms with Gasteiger partial charge in [-0.2, -0.15) is 0 Å². The SMILES string of the molecule is Nc1ccc2c(c1)CC[C@@]21OC(=O)NC1=O. The van der Waals surface area contributed by atoms with Gasteiger partial charge in [0.2, 0.25) is 5.60 Å². The first-order valence-electron chi connectivity index (χ1n) is 5.05. The van der Waals surface area contributed by atoms with E-state index >= 15 is 0 Å². The Balaban J connectivity index is 2.15. The average molecular weight is 218 g/mol. The van der Waals surface area contributed by atoms with Gasteiger partial charge in [-0.1, -0.05) is 6.07 Å². The molecular weight excluding hydrogens is 208 g/mol. The lowest BCUT2D eigenvalue weighted by atomic mass is 9.95. The number of nitrogens with one attached hydrogen (secondary N) is 1. The zero-order chi connectivity index (χ0) is 11.3. The molecule has 0 saturated carbocycles. The van der Waals surface area contributed by atoms with E-state index in [1.54, 1.807) is 12.1 Å². The number of benzene rings is 1. The molecule has 0 aromatic heterocycles. The van der Waals surface area contributed by atoms with Crippen LogP contribution in [0.15, 0.2) is 18.2 Å². The molecule has 1 heterocycles. The fraction of sp³-hybridized carbons (Fsp3) is 0.273. The number of nitrogen functional groups attached to an aromatic ring is 1. The summed E-state index contributed by atoms with van der Waals surface area (Å²) in [5, 5.41) is 2.17. The fourth-order valence-corrected chi connectivity index (χ4v) is 2.43. The van der Waals surface area contributed by atoms with E-state index in [1.807, 2.05) is 6.07 Å². The number of aryl methyl sites for hydroxylation is 1. The first kappa shape index (κ1) is 9.21. The molecule has 1 saturated heterocycles. The summed E-state index contributed by atoms with van der Waals surface area (Å²) < 4.78 is 5.15. The first-order chi connectivity index (χ1) is 7.62. The highest BCUT2D eigenvalue weighted by molar-refractivity contribution is 6.04. The molecule has 1 aliphatic carbocycles. The minimum Gasteiger partial charge on any atom is -0.427 e. The highest BCUT2D eigenvalue weighted by Crippen LogP contribution is 2.43. The van der Waals surface area contributed by atoms with E-state index in [1.165, 1.54) is 0 Å². The van der Waals surface area contributed by atoms with Gasteiger partial charge in [-0.05, 0) is 24.1 Å². The van der Waals surface area contributed by atoms with Gasteiger partial charge in [-0.25, -0.2) is 4.79 Å². The standard InChI is InChI=1S/C11H10N2O3/c12-7-1-2-8-6(5-7)3-4-11(8)9(14)13-10(15)16-11/h1-2,5H,3-4,12H2,(H,13,14,15)/t11-/m1/s1. The first-order valence-corrected chi connectivity index (χ1v) is 5.05. The van der Waals surface area contributed by atoms with E-state index < -0.39 is 11.7 Å². The van der Waals surface area contributed by atoms with E-state index in [-0.39, 0.29) is 5.91 Å². The molecule has 82 valence electrons. The number of hydrogen-bond acceptors (Lipinski definition) is 4. The Hall–Kier alpha value is -2.04. The van der Waals surface area contributed by atoms with E-state index in [4.69, 9.17) is 10.5 Å². The number of carbonyl (C=O) groups excluding carboxylic acids is 2. The summed E-state index contributed by atoms with van der Waals surface area (Å²) in [7, 11) is 0. The largest absolute Gasteiger partial charge is 0.427 e. The fourth-order valence-electron chi connectivity index (χ4n) is 2.43. The summed E-state index contributed by atoms with van der Waals surface area (Å²) in [5.74, 6) is -0.374. The van der Waals surface area contributed by atoms with Gasteiger partial charge in [0, 0.05) is 17.7 Å². The number of ether oxygens (including phenoxy) is 1. The normalized spacial score (nSPS) is 26.8. The van der Waals surface area contributed by atoms with Crippen LogP contribution in [0, 0.1) is 0 Å². The van der Waals surface area contributed by atoms with Crippen LogP contribution >= 0.6 is 0 Å². The van der Waals surface area contributed by atoms with Crippen LogP contribution in [-0.4, -0.2) is 12.0 Å². The molecule has 1 aromatic rings. The molecule has 0 bridgehead atoms. The Kier molecular flexibility index (Phi) is 1.58. The van der Waals surface area contributed by atoms with Gasteiger partial charge in [0.1, 0.15) is 0 Å². The molecule has 1 atom stereocenters. The Bertz CT molecular complexity index is 512. The van der Waals surface area contributed by atoms with Gasteiger partial charge in [-0.3, -0.25) is 10.1 Å². The molecule has 1 spiro atoms. The summed E-state index contributed by atoms with van der Waals surface area (Å²) in [6, 6.07) is 5.30. The molecule has 0 radical (unpaired) electrons. The van der Waals surface area contributed by atoms with Crippen LogP contribution in [0.5, 0.6) is 0 Å². The van der Waals surface area contributed by atoms with Crippen molar-refractivity contribution in [1.29, 1.82) is 0 Å². The number of alkyl carbamates (subject to hydrolysis) is 1. The Labute approximate surface area is 91.6 Å². The van der Waals surface area contributed by atoms with E-state index in [0.717, 1.165) is 11.1 Å². The molecule has 2 amide bonds. The van der Waals surface area contributed by atoms with Crippen LogP contribution in [0.25, 0.3) is 0 Å². The summed E-state index contributed by atoms with van der Waals surface area (Å²) in [5.41, 5.74) is 6.95. The molecule has 0 unspecified atom stereocenters. The minimum absolute atomic E-state index is 0.374. The lowest BCUT2D eigenvalue weighted by Crippen LogP contribution is -2.34. The molecule has 5 nitrogen and oxygen atoms in total. The Morgan fingerprint density at radius 2 is 2.19 bits per heavy atom. The monoisotopic (exact) mass is 218 g/mol. The average Bonchev–Trinajstić information content (AvgIpc) is 2.70. The van der Waals surface area contributed by atoms with Crippen molar-refractivity contribution in [2.75, 3.05) is 5.73 Å². The van der Waals surface area contributed by atoms with Crippen molar-refractivity contribution in [3.63, 3.8) is 0 Å². The summed E-state index contributed by atoms with van der Waals surface area (Å²) in [4.78, 5) is 22.9. The Morgan fingerprint density at radius 1 is 1.38 bits per heavy atom. The molecule has 2 aliphatic rings. The molecule has 3 N–H and O–H groups in total. The second-order valence-electron chi connectivity index (χ2n) is 4.09. The summed E-state index contributed by atoms with van der Waals surface area (Å²) in [6.45, 7) is 0. The van der Waals surface area contributed by atoms with Crippen LogP contribution in [0.4, 0.5) is 10.5 Å². The van der Waals surface area contributed by atoms with Gasteiger partial charge >= 0.3 is 6.09 Å². The third kappa shape index (κ3) is 0.997. The van der Waals surface area contributed by atoms with Gasteiger partial charge in [0.25, 0.3) is 5.91 Å². The summed E-state index contributed by atoms with van der Waals surface area (Å²) in [6.07, 6.45) is 0.513. The number of imide groups is 1. The van der Waals surface area contributed by atoms with Crippen molar-refractivity contribution in [1.82, 2.24) is 5.32 Å².